The molecule has 2 aromatic rings. The number of hydrogen-bond donors (Lipinski definition) is 2. The molecule has 1 aliphatic heterocycles. The normalized spacial score (nSPS) is 13.1. The summed E-state index contributed by atoms with van der Waals surface area (Å²) in [5.41, 5.74) is 6.85. The minimum Gasteiger partial charge on any atom is -0.384 e. The molecule has 0 aliphatic carbocycles. The second kappa shape index (κ2) is 5.45. The van der Waals surface area contributed by atoms with Crippen LogP contribution in [-0.2, 0) is 19.5 Å². The van der Waals surface area contributed by atoms with E-state index in [-0.39, 0.29) is 0 Å². The van der Waals surface area contributed by atoms with Crippen molar-refractivity contribution in [3.63, 3.8) is 0 Å². The van der Waals surface area contributed by atoms with Gasteiger partial charge in [0.1, 0.15) is 0 Å². The summed E-state index contributed by atoms with van der Waals surface area (Å²) < 4.78 is 0. The zero-order chi connectivity index (χ0) is 13.1. The van der Waals surface area contributed by atoms with Gasteiger partial charge in [-0.25, -0.2) is 0 Å². The van der Waals surface area contributed by atoms with Crippen LogP contribution in [-0.4, -0.2) is 6.54 Å². The van der Waals surface area contributed by atoms with Crippen LogP contribution in [0.5, 0.6) is 0 Å². The van der Waals surface area contributed by atoms with E-state index in [0.717, 1.165) is 26.1 Å². The van der Waals surface area contributed by atoms with E-state index in [1.807, 2.05) is 0 Å². The highest BCUT2D eigenvalue weighted by molar-refractivity contribution is 5.61. The molecule has 0 spiro atoms. The Balaban J connectivity index is 1.63. The fraction of sp³-hybridized carbons (Fsp3) is 0.294. The van der Waals surface area contributed by atoms with Crippen LogP contribution in [0.15, 0.2) is 42.5 Å². The van der Waals surface area contributed by atoms with E-state index < -0.39 is 0 Å². The molecule has 0 atom stereocenters. The Kier molecular flexibility index (Phi) is 3.51. The summed E-state index contributed by atoms with van der Waals surface area (Å²) in [5, 5.41) is 7.02. The van der Waals surface area contributed by atoms with Gasteiger partial charge in [0.05, 0.1) is 0 Å². The van der Waals surface area contributed by atoms with Crippen LogP contribution < -0.4 is 10.6 Å². The SMILES string of the molecule is Cc1cccc(CNCc2cccc3c2NCC3)c1. The molecule has 0 unspecified atom stereocenters. The Labute approximate surface area is 114 Å². The zero-order valence-electron chi connectivity index (χ0n) is 11.4. The molecule has 0 fully saturated rings. The molecule has 0 radical (unpaired) electrons. The number of benzene rings is 2. The summed E-state index contributed by atoms with van der Waals surface area (Å²) in [6, 6.07) is 15.3. The lowest BCUT2D eigenvalue weighted by atomic mass is 10.1. The monoisotopic (exact) mass is 252 g/mol. The second-order valence-electron chi connectivity index (χ2n) is 5.22. The van der Waals surface area contributed by atoms with Gasteiger partial charge in [-0.15, -0.1) is 0 Å². The molecule has 3 rings (SSSR count). The van der Waals surface area contributed by atoms with E-state index in [4.69, 9.17) is 0 Å². The predicted octanol–water partition coefficient (Wildman–Crippen LogP) is 3.25. The lowest BCUT2D eigenvalue weighted by Gasteiger charge is -2.10. The highest BCUT2D eigenvalue weighted by atomic mass is 14.9. The highest BCUT2D eigenvalue weighted by Crippen LogP contribution is 2.26. The molecule has 0 bridgehead atoms. The molecule has 2 nitrogen and oxygen atoms in total. The van der Waals surface area contributed by atoms with Crippen LogP contribution in [0, 0.1) is 6.92 Å². The van der Waals surface area contributed by atoms with Crippen molar-refractivity contribution in [1.82, 2.24) is 5.32 Å². The highest BCUT2D eigenvalue weighted by Gasteiger charge is 2.12. The summed E-state index contributed by atoms with van der Waals surface area (Å²) in [5.74, 6) is 0. The summed E-state index contributed by atoms with van der Waals surface area (Å²) in [7, 11) is 0. The molecule has 1 aliphatic rings. The minimum absolute atomic E-state index is 0.921. The van der Waals surface area contributed by atoms with Crippen molar-refractivity contribution in [1.29, 1.82) is 0 Å². The second-order valence-corrected chi connectivity index (χ2v) is 5.22. The topological polar surface area (TPSA) is 24.1 Å². The van der Waals surface area contributed by atoms with Crippen molar-refractivity contribution in [2.45, 2.75) is 26.4 Å². The van der Waals surface area contributed by atoms with E-state index >= 15 is 0 Å². The fourth-order valence-corrected chi connectivity index (χ4v) is 2.72. The number of hydrogen-bond acceptors (Lipinski definition) is 2. The summed E-state index contributed by atoms with van der Waals surface area (Å²) in [6.07, 6.45) is 1.15. The third-order valence-corrected chi connectivity index (χ3v) is 3.66. The molecule has 19 heavy (non-hydrogen) atoms. The van der Waals surface area contributed by atoms with Crippen molar-refractivity contribution in [2.75, 3.05) is 11.9 Å². The summed E-state index contributed by atoms with van der Waals surface area (Å²) in [4.78, 5) is 0. The van der Waals surface area contributed by atoms with E-state index in [0.29, 0.717) is 0 Å². The Morgan fingerprint density at radius 3 is 2.89 bits per heavy atom. The van der Waals surface area contributed by atoms with Gasteiger partial charge in [-0.3, -0.25) is 0 Å². The minimum atomic E-state index is 0.921. The molecular formula is C17H20N2. The van der Waals surface area contributed by atoms with Crippen LogP contribution in [0.1, 0.15) is 22.3 Å². The third-order valence-electron chi connectivity index (χ3n) is 3.66. The smallest absolute Gasteiger partial charge is 0.0419 e. The molecule has 2 aromatic carbocycles. The Bertz CT molecular complexity index is 575. The van der Waals surface area contributed by atoms with E-state index in [1.165, 1.54) is 27.9 Å². The maximum atomic E-state index is 3.53. The van der Waals surface area contributed by atoms with Crippen LogP contribution in [0.4, 0.5) is 5.69 Å². The molecule has 2 heteroatoms. The third kappa shape index (κ3) is 2.79. The van der Waals surface area contributed by atoms with Gasteiger partial charge < -0.3 is 10.6 Å². The molecular weight excluding hydrogens is 232 g/mol. The van der Waals surface area contributed by atoms with Gasteiger partial charge in [-0.2, -0.15) is 0 Å². The van der Waals surface area contributed by atoms with E-state index in [9.17, 15) is 0 Å². The zero-order valence-corrected chi connectivity index (χ0v) is 11.4. The number of rotatable bonds is 4. The largest absolute Gasteiger partial charge is 0.384 e. The van der Waals surface area contributed by atoms with Gasteiger partial charge in [0.15, 0.2) is 0 Å². The number of para-hydroxylation sites is 1. The van der Waals surface area contributed by atoms with Crippen molar-refractivity contribution < 1.29 is 0 Å². The lowest BCUT2D eigenvalue weighted by Crippen LogP contribution is -2.13. The number of aryl methyl sites for hydroxylation is 1. The van der Waals surface area contributed by atoms with Gasteiger partial charge in [0.2, 0.25) is 0 Å². The molecule has 2 N–H and O–H groups in total. The summed E-state index contributed by atoms with van der Waals surface area (Å²) >= 11 is 0. The van der Waals surface area contributed by atoms with Crippen molar-refractivity contribution >= 4 is 5.69 Å². The molecule has 0 saturated heterocycles. The first-order valence-corrected chi connectivity index (χ1v) is 6.94. The first-order chi connectivity index (χ1) is 9.33. The molecule has 98 valence electrons. The van der Waals surface area contributed by atoms with Gasteiger partial charge in [-0.05, 0) is 30.0 Å². The Hall–Kier alpha value is -1.80. The lowest BCUT2D eigenvalue weighted by molar-refractivity contribution is 0.694. The van der Waals surface area contributed by atoms with Gasteiger partial charge >= 0.3 is 0 Å². The Morgan fingerprint density at radius 2 is 2.00 bits per heavy atom. The first kappa shape index (κ1) is 12.2. The van der Waals surface area contributed by atoms with Crippen LogP contribution >= 0.6 is 0 Å². The van der Waals surface area contributed by atoms with Crippen molar-refractivity contribution in [3.8, 4) is 0 Å². The van der Waals surface area contributed by atoms with Crippen LogP contribution in [0.3, 0.4) is 0 Å². The average Bonchev–Trinajstić information content (AvgIpc) is 2.88. The number of anilines is 1. The van der Waals surface area contributed by atoms with Gasteiger partial charge in [0.25, 0.3) is 0 Å². The molecule has 0 saturated carbocycles. The number of fused-ring (bicyclic) bond motifs is 1. The van der Waals surface area contributed by atoms with Crippen LogP contribution in [0.25, 0.3) is 0 Å². The van der Waals surface area contributed by atoms with Crippen LogP contribution in [0.2, 0.25) is 0 Å². The average molecular weight is 252 g/mol. The van der Waals surface area contributed by atoms with Crippen molar-refractivity contribution in [2.24, 2.45) is 0 Å². The van der Waals surface area contributed by atoms with Gasteiger partial charge in [0, 0.05) is 25.3 Å². The maximum Gasteiger partial charge on any atom is 0.0419 e. The molecule has 0 aromatic heterocycles. The van der Waals surface area contributed by atoms with E-state index in [2.05, 4.69) is 60.0 Å². The fourth-order valence-electron chi connectivity index (χ4n) is 2.72. The maximum absolute atomic E-state index is 3.53. The quantitative estimate of drug-likeness (QED) is 0.873. The Morgan fingerprint density at radius 1 is 1.11 bits per heavy atom. The summed E-state index contributed by atoms with van der Waals surface area (Å²) in [6.45, 7) is 5.05. The standard InChI is InChI=1S/C17H20N2/c1-13-4-2-5-14(10-13)11-18-12-16-7-3-6-15-8-9-19-17(15)16/h2-7,10,18-19H,8-9,11-12H2,1H3. The first-order valence-electron chi connectivity index (χ1n) is 6.94. The predicted molar refractivity (Wildman–Crippen MR) is 80.4 cm³/mol. The molecule has 0 amide bonds. The van der Waals surface area contributed by atoms with Crippen molar-refractivity contribution in [3.05, 3.63) is 64.7 Å². The number of nitrogens with one attached hydrogen (secondary N) is 2. The van der Waals surface area contributed by atoms with Gasteiger partial charge in [-0.1, -0.05) is 48.0 Å². The molecule has 1 heterocycles. The van der Waals surface area contributed by atoms with E-state index in [1.54, 1.807) is 0 Å².